The second-order valence-corrected chi connectivity index (χ2v) is 20.2. The second kappa shape index (κ2) is 23.4. The number of unbranched alkanes of at least 4 members (excludes halogenated alkanes) is 2. The fourth-order valence-corrected chi connectivity index (χ4v) is 11.3. The van der Waals surface area contributed by atoms with E-state index in [4.69, 9.17) is 23.3 Å². The van der Waals surface area contributed by atoms with Crippen LogP contribution in [0.2, 0.25) is 0 Å². The van der Waals surface area contributed by atoms with E-state index in [0.29, 0.717) is 38.0 Å². The SMILES string of the molecule is COc1ccc(C(OCC2OC(n3cc(C)c(=O)[nH]c3=O)CC2OP(OCCCCCC(=O)N2Cc3ccccc3C#Cc3ccccc32)N(C(C)C)C(C)C)(c2ccccc2)c2ccc(C)cc2)cc1. The Balaban J connectivity index is 1.03. The molecule has 0 saturated carbocycles. The lowest BCUT2D eigenvalue weighted by Crippen LogP contribution is -2.39. The lowest BCUT2D eigenvalue weighted by atomic mass is 9.79. The summed E-state index contributed by atoms with van der Waals surface area (Å²) in [5.41, 5.74) is 5.73. The summed E-state index contributed by atoms with van der Waals surface area (Å²) < 4.78 is 37.5. The number of hydrogen-bond donors (Lipinski definition) is 1. The van der Waals surface area contributed by atoms with Gasteiger partial charge in [-0.3, -0.25) is 19.1 Å². The molecule has 8 rings (SSSR count). The van der Waals surface area contributed by atoms with Gasteiger partial charge in [0.2, 0.25) is 5.91 Å². The van der Waals surface area contributed by atoms with Crippen LogP contribution in [0.15, 0.2) is 143 Å². The monoisotopic (exact) mass is 976 g/mol. The highest BCUT2D eigenvalue weighted by molar-refractivity contribution is 7.44. The molecule has 2 aliphatic heterocycles. The molecule has 1 aromatic heterocycles. The molecule has 1 amide bonds. The summed E-state index contributed by atoms with van der Waals surface area (Å²) in [7, 11) is -0.0327. The molecule has 5 aromatic carbocycles. The summed E-state index contributed by atoms with van der Waals surface area (Å²) in [6.07, 6.45) is 2.34. The number of nitrogens with zero attached hydrogens (tertiary/aromatic N) is 3. The summed E-state index contributed by atoms with van der Waals surface area (Å²) in [5.74, 6) is 7.36. The fraction of sp³-hybridized carbons (Fsp3) is 0.362. The Morgan fingerprint density at radius 2 is 1.44 bits per heavy atom. The Bertz CT molecular complexity index is 2920. The van der Waals surface area contributed by atoms with Gasteiger partial charge in [0.25, 0.3) is 14.1 Å². The molecule has 1 saturated heterocycles. The predicted molar refractivity (Wildman–Crippen MR) is 279 cm³/mol. The fourth-order valence-electron chi connectivity index (χ4n) is 9.46. The minimum atomic E-state index is -1.68. The van der Waals surface area contributed by atoms with Crippen LogP contribution in [-0.4, -0.2) is 64.7 Å². The van der Waals surface area contributed by atoms with Crippen molar-refractivity contribution < 1.29 is 28.1 Å². The van der Waals surface area contributed by atoms with Crippen molar-refractivity contribution in [2.45, 2.75) is 116 Å². The van der Waals surface area contributed by atoms with Gasteiger partial charge in [-0.05, 0) is 107 Å². The first kappa shape index (κ1) is 51.2. The van der Waals surface area contributed by atoms with Crippen LogP contribution in [0.25, 0.3) is 0 Å². The van der Waals surface area contributed by atoms with Crippen LogP contribution in [0.4, 0.5) is 5.69 Å². The van der Waals surface area contributed by atoms with Crippen molar-refractivity contribution in [3.05, 3.63) is 199 Å². The quantitative estimate of drug-likeness (QED) is 0.0345. The lowest BCUT2D eigenvalue weighted by Gasteiger charge is -2.39. The van der Waals surface area contributed by atoms with Gasteiger partial charge in [0, 0.05) is 47.8 Å². The van der Waals surface area contributed by atoms with E-state index in [1.807, 2.05) is 95.9 Å². The molecule has 1 fully saturated rings. The number of hydrogen-bond acceptors (Lipinski definition) is 9. The third-order valence-corrected chi connectivity index (χ3v) is 15.3. The van der Waals surface area contributed by atoms with Gasteiger partial charge in [-0.2, -0.15) is 0 Å². The molecule has 0 aliphatic carbocycles. The average Bonchev–Trinajstić information content (AvgIpc) is 3.76. The number of H-pyrrole nitrogens is 1. The number of benzene rings is 5. The Morgan fingerprint density at radius 1 is 0.803 bits per heavy atom. The van der Waals surface area contributed by atoms with E-state index in [1.165, 1.54) is 4.57 Å². The predicted octanol–water partition coefficient (Wildman–Crippen LogP) is 10.7. The number of para-hydroxylation sites is 1. The molecular weight excluding hydrogens is 912 g/mol. The molecule has 370 valence electrons. The van der Waals surface area contributed by atoms with Crippen molar-refractivity contribution in [2.75, 3.05) is 25.2 Å². The van der Waals surface area contributed by atoms with Gasteiger partial charge in [0.1, 0.15) is 23.7 Å². The van der Waals surface area contributed by atoms with Gasteiger partial charge in [-0.25, -0.2) is 9.46 Å². The standard InChI is InChI=1S/C58H65N4O8P/c1-40(2)62(41(3)4)71(68-35-17-9-12-24-54(63)60-38-46-20-14-13-18-44(46)27-28-45-19-15-16-23-51(45)60)70-52-36-55(61-37-43(6)56(64)59-57(61)65)69-53(52)39-67-58(47-21-10-8-11-22-47,48-29-25-42(5)26-30-48)49-31-33-50(66-7)34-32-49/h8,10-11,13-16,18-23,25-26,29-34,37,40-41,52-53,55H,9,12,17,24,35-36,38-39H2,1-7H3,(H,59,64,65). The molecule has 2 aliphatic rings. The number of rotatable bonds is 20. The summed E-state index contributed by atoms with van der Waals surface area (Å²) in [5, 5.41) is 0. The number of anilines is 1. The van der Waals surface area contributed by atoms with Gasteiger partial charge in [-0.1, -0.05) is 121 Å². The zero-order chi connectivity index (χ0) is 50.1. The molecule has 0 bridgehead atoms. The van der Waals surface area contributed by atoms with E-state index in [0.717, 1.165) is 56.8 Å². The van der Waals surface area contributed by atoms with Crippen LogP contribution in [0.1, 0.15) is 111 Å². The third kappa shape index (κ3) is 11.8. The Morgan fingerprint density at radius 3 is 2.14 bits per heavy atom. The minimum absolute atomic E-state index is 0.0553. The van der Waals surface area contributed by atoms with Gasteiger partial charge in [0.15, 0.2) is 0 Å². The van der Waals surface area contributed by atoms with Crippen LogP contribution in [0.3, 0.4) is 0 Å². The summed E-state index contributed by atoms with van der Waals surface area (Å²) in [4.78, 5) is 44.3. The topological polar surface area (TPSA) is 125 Å². The zero-order valence-electron chi connectivity index (χ0n) is 41.8. The van der Waals surface area contributed by atoms with E-state index in [-0.39, 0.29) is 31.0 Å². The van der Waals surface area contributed by atoms with Crippen molar-refractivity contribution in [3.63, 3.8) is 0 Å². The number of aromatic nitrogens is 2. The van der Waals surface area contributed by atoms with Crippen LogP contribution >= 0.6 is 8.53 Å². The van der Waals surface area contributed by atoms with E-state index in [9.17, 15) is 14.4 Å². The molecule has 0 radical (unpaired) electrons. The number of fused-ring (bicyclic) bond motifs is 2. The van der Waals surface area contributed by atoms with E-state index in [1.54, 1.807) is 20.2 Å². The average molecular weight is 977 g/mol. The van der Waals surface area contributed by atoms with Crippen LogP contribution < -0.4 is 20.9 Å². The van der Waals surface area contributed by atoms with Crippen LogP contribution in [0.5, 0.6) is 5.75 Å². The van der Waals surface area contributed by atoms with E-state index < -0.39 is 43.8 Å². The molecule has 1 N–H and O–H groups in total. The first-order valence-electron chi connectivity index (χ1n) is 24.6. The van der Waals surface area contributed by atoms with Gasteiger partial charge in [-0.15, -0.1) is 0 Å². The molecule has 5 atom stereocenters. The second-order valence-electron chi connectivity index (χ2n) is 18.8. The highest BCUT2D eigenvalue weighted by Crippen LogP contribution is 2.51. The van der Waals surface area contributed by atoms with Crippen molar-refractivity contribution in [2.24, 2.45) is 0 Å². The van der Waals surface area contributed by atoms with Gasteiger partial charge < -0.3 is 28.2 Å². The van der Waals surface area contributed by atoms with Crippen molar-refractivity contribution in [1.82, 2.24) is 14.2 Å². The Hall–Kier alpha value is -6.16. The number of methoxy groups -OCH3 is 1. The maximum Gasteiger partial charge on any atom is 0.330 e. The van der Waals surface area contributed by atoms with Gasteiger partial charge in [0.05, 0.1) is 38.7 Å². The van der Waals surface area contributed by atoms with Gasteiger partial charge >= 0.3 is 5.69 Å². The van der Waals surface area contributed by atoms with Crippen molar-refractivity contribution in [3.8, 4) is 17.6 Å². The van der Waals surface area contributed by atoms with Crippen molar-refractivity contribution >= 4 is 20.1 Å². The summed E-state index contributed by atoms with van der Waals surface area (Å²) in [6.45, 7) is 13.2. The maximum absolute atomic E-state index is 14.0. The summed E-state index contributed by atoms with van der Waals surface area (Å²) in [6, 6.07) is 42.4. The van der Waals surface area contributed by atoms with Crippen molar-refractivity contribution in [1.29, 1.82) is 0 Å². The number of carbonyl (C=O) groups excluding carboxylic acids is 1. The highest BCUT2D eigenvalue weighted by Gasteiger charge is 2.45. The highest BCUT2D eigenvalue weighted by atomic mass is 31.2. The molecule has 13 heteroatoms. The first-order chi connectivity index (χ1) is 34.4. The summed E-state index contributed by atoms with van der Waals surface area (Å²) >= 11 is 0. The first-order valence-corrected chi connectivity index (χ1v) is 25.7. The number of nitrogens with one attached hydrogen (secondary N) is 1. The molecular formula is C58H65N4O8P. The Kier molecular flexibility index (Phi) is 16.9. The molecule has 0 spiro atoms. The minimum Gasteiger partial charge on any atom is -0.497 e. The largest absolute Gasteiger partial charge is 0.497 e. The van der Waals surface area contributed by atoms with E-state index in [2.05, 4.69) is 92.5 Å². The Labute approximate surface area is 418 Å². The van der Waals surface area contributed by atoms with Crippen LogP contribution in [0, 0.1) is 25.7 Å². The normalized spacial score (nSPS) is 17.7. The lowest BCUT2D eigenvalue weighted by molar-refractivity contribution is -0.118. The molecule has 6 aromatic rings. The molecule has 5 unspecified atom stereocenters. The van der Waals surface area contributed by atoms with E-state index >= 15 is 0 Å². The number of aromatic amines is 1. The van der Waals surface area contributed by atoms with Crippen LogP contribution in [-0.2, 0) is 35.5 Å². The number of amides is 1. The molecule has 12 nitrogen and oxygen atoms in total. The molecule has 3 heterocycles. The zero-order valence-corrected chi connectivity index (χ0v) is 42.7. The number of aryl methyl sites for hydroxylation is 2. The molecule has 71 heavy (non-hydrogen) atoms. The third-order valence-electron chi connectivity index (χ3n) is 13.1. The maximum atomic E-state index is 14.0. The number of ether oxygens (including phenoxy) is 3. The number of carbonyl (C=O) groups is 1. The smallest absolute Gasteiger partial charge is 0.330 e.